The van der Waals surface area contributed by atoms with Crippen LogP contribution in [-0.4, -0.2) is 117 Å². The summed E-state index contributed by atoms with van der Waals surface area (Å²) in [6.45, 7) is 7.06. The highest BCUT2D eigenvalue weighted by Crippen LogP contribution is 2.52. The number of aliphatic hydroxyl groups is 1. The number of hydrogen-bond donors (Lipinski definition) is 3. The molecule has 0 bridgehead atoms. The fraction of sp³-hybridized carbons (Fsp3) is 0.314. The lowest BCUT2D eigenvalue weighted by Crippen LogP contribution is -2.55. The molecule has 0 spiro atoms. The molecular weight excluding hydrogens is 1250 g/mol. The minimum Gasteiger partial charge on any atom is -0.382 e. The predicted molar refractivity (Wildman–Crippen MR) is 353 cm³/mol. The number of aromatic nitrogens is 7. The average molecular weight is 1330 g/mol. The highest BCUT2D eigenvalue weighted by molar-refractivity contribution is 7.90. The maximum atomic E-state index is 12.7. The van der Waals surface area contributed by atoms with Gasteiger partial charge in [-0.25, -0.2) is 30.9 Å². The van der Waals surface area contributed by atoms with Gasteiger partial charge >= 0.3 is 0 Å². The number of anilines is 2. The van der Waals surface area contributed by atoms with Gasteiger partial charge in [0.1, 0.15) is 47.3 Å². The van der Waals surface area contributed by atoms with Crippen molar-refractivity contribution in [1.82, 2.24) is 34.2 Å². The molecular formula is C70H76N10O13S2. The van der Waals surface area contributed by atoms with E-state index >= 15 is 0 Å². The Hall–Kier alpha value is -8.88. The molecule has 2 aliphatic heterocycles. The van der Waals surface area contributed by atoms with Crippen LogP contribution in [0.3, 0.4) is 0 Å². The third kappa shape index (κ3) is 15.0. The van der Waals surface area contributed by atoms with E-state index in [1.807, 2.05) is 182 Å². The van der Waals surface area contributed by atoms with Crippen LogP contribution in [-0.2, 0) is 109 Å². The second-order valence-electron chi connectivity index (χ2n) is 22.9. The molecule has 2 fully saturated rings. The predicted octanol–water partition coefficient (Wildman–Crippen LogP) is 9.07. The molecule has 12 rings (SSSR count). The van der Waals surface area contributed by atoms with E-state index in [1.165, 1.54) is 10.7 Å². The number of imidazole rings is 1. The number of ether oxygens (including phenoxy) is 8. The maximum absolute atomic E-state index is 12.7. The van der Waals surface area contributed by atoms with Crippen LogP contribution < -0.4 is 11.5 Å². The summed E-state index contributed by atoms with van der Waals surface area (Å²) in [5.41, 5.74) is 13.4. The molecule has 6 heterocycles. The summed E-state index contributed by atoms with van der Waals surface area (Å²) in [6.07, 6.45) is -0.0933. The quantitative estimate of drug-likeness (QED) is 0.0508. The van der Waals surface area contributed by atoms with Gasteiger partial charge in [-0.05, 0) is 59.4 Å². The maximum Gasteiger partial charge on any atom is 0.267 e. The summed E-state index contributed by atoms with van der Waals surface area (Å²) in [5.74, 6) is -2.53. The van der Waals surface area contributed by atoms with E-state index in [1.54, 1.807) is 32.9 Å². The van der Waals surface area contributed by atoms with Gasteiger partial charge in [-0.15, -0.1) is 10.2 Å². The number of nitrogens with zero attached hydrogens (tertiary/aromatic N) is 8. The van der Waals surface area contributed by atoms with Crippen molar-refractivity contribution in [3.05, 3.63) is 245 Å². The molecule has 23 nitrogen and oxygen atoms in total. The summed E-state index contributed by atoms with van der Waals surface area (Å²) in [6, 6.07) is 63.3. The van der Waals surface area contributed by atoms with Crippen molar-refractivity contribution in [3.63, 3.8) is 0 Å². The number of sulfone groups is 2. The number of benzene rings is 6. The molecule has 2 saturated heterocycles. The van der Waals surface area contributed by atoms with Gasteiger partial charge in [0.15, 0.2) is 22.9 Å². The van der Waals surface area contributed by atoms with E-state index < -0.39 is 77.0 Å². The molecule has 5 N–H and O–H groups in total. The summed E-state index contributed by atoms with van der Waals surface area (Å²) in [4.78, 5) is 12.2. The average Bonchev–Trinajstić information content (AvgIpc) is 1.55. The van der Waals surface area contributed by atoms with Gasteiger partial charge in [0.05, 0.1) is 64.7 Å². The summed E-state index contributed by atoms with van der Waals surface area (Å²) < 4.78 is 111. The number of nitriles is 1. The van der Waals surface area contributed by atoms with Crippen LogP contribution >= 0.6 is 0 Å². The Labute approximate surface area is 553 Å². The zero-order valence-corrected chi connectivity index (χ0v) is 54.8. The van der Waals surface area contributed by atoms with Crippen LogP contribution in [0.1, 0.15) is 73.8 Å². The minimum absolute atomic E-state index is 0.0177. The SMILES string of the molecule is C[C@@]1(OCc2ccccc2)[C@H](OCc2ccccc2)[C@@H](COCc2ccccc2)OC1(C#N)c1ccc2c(N)nc(S(C)(=O)=O)nn12.C[C@@]1(OCc2ccccc2)[C@H](OCc2ccccc2)[C@@H](COCc2ccccc2)OC1(O)c1cnc2c(N)nc(S(C)(=O)=O)nn12.[2H]CC. The zero-order valence-electron chi connectivity index (χ0n) is 54.1. The monoisotopic (exact) mass is 1330 g/mol. The first kappa shape index (κ1) is 67.5. The molecule has 0 aliphatic carbocycles. The molecule has 2 unspecified atom stereocenters. The van der Waals surface area contributed by atoms with E-state index in [4.69, 9.17) is 50.7 Å². The summed E-state index contributed by atoms with van der Waals surface area (Å²) >= 11 is 0. The van der Waals surface area contributed by atoms with Gasteiger partial charge in [-0.3, -0.25) is 0 Å². The van der Waals surface area contributed by atoms with Crippen molar-refractivity contribution >= 4 is 42.5 Å². The Bertz CT molecular complexity index is 4480. The van der Waals surface area contributed by atoms with Crippen molar-refractivity contribution in [1.29, 1.82) is 5.26 Å². The third-order valence-electron chi connectivity index (χ3n) is 16.3. The Morgan fingerprint density at radius 3 is 1.36 bits per heavy atom. The first-order chi connectivity index (χ1) is 46.1. The normalized spacial score (nSPS) is 22.7. The van der Waals surface area contributed by atoms with Crippen LogP contribution in [0.2, 0.25) is 0 Å². The molecule has 10 aromatic rings. The van der Waals surface area contributed by atoms with E-state index in [0.717, 1.165) is 50.4 Å². The highest BCUT2D eigenvalue weighted by atomic mass is 32.2. The van der Waals surface area contributed by atoms with Gasteiger partial charge in [0.25, 0.3) is 10.3 Å². The molecule has 496 valence electrons. The number of fused-ring (bicyclic) bond motifs is 2. The molecule has 0 radical (unpaired) electrons. The standard InChI is InChI=1S/C35H35N5O6S.C33H35N5O7S.C2H6/c1-34(45-22-27-16-10-5-11-17-27)31(44-21-26-14-8-4-9-15-26)29(23-43-20-25-12-6-3-7-13-25)46-35(34,24-36)30-19-18-28-32(37)38-33(39-40(28)30)47(2,41)42;1-32(44-21-25-16-10-5-11-17-25)28(43-20-24-14-8-4-9-15-24)26(22-42-19-23-12-6-3-7-13-23)45-33(32,39)27-18-35-30-29(34)36-31(37-38(27)30)46(2,40)41;1-2/h3-19,29,31H,20-23H2,1-2H3,(H2,37,38,39);3-18,26,28,39H,19-22H2,1-2H3,(H2,34,36,37);1-2H3/t29-,31-,34-,35?;26-,28-,32-,33?;/m11./s1/i;;1D. The molecule has 4 aromatic heterocycles. The van der Waals surface area contributed by atoms with Crippen LogP contribution in [0.15, 0.2) is 211 Å². The molecule has 25 heteroatoms. The highest BCUT2D eigenvalue weighted by Gasteiger charge is 2.69. The van der Waals surface area contributed by atoms with Crippen LogP contribution in [0, 0.1) is 11.3 Å². The number of rotatable bonds is 24. The largest absolute Gasteiger partial charge is 0.382 e. The lowest BCUT2D eigenvalue weighted by molar-refractivity contribution is -0.294. The molecule has 8 atom stereocenters. The fourth-order valence-electron chi connectivity index (χ4n) is 11.4. The van der Waals surface area contributed by atoms with Crippen molar-refractivity contribution in [2.45, 2.75) is 125 Å². The Kier molecular flexibility index (Phi) is 21.2. The second kappa shape index (κ2) is 29.8. The number of nitrogen functional groups attached to an aromatic ring is 2. The lowest BCUT2D eigenvalue weighted by atomic mass is 9.79. The lowest BCUT2D eigenvalue weighted by Gasteiger charge is -2.39. The first-order valence-corrected chi connectivity index (χ1v) is 34.2. The van der Waals surface area contributed by atoms with Gasteiger partial charge in [-0.2, -0.15) is 15.2 Å². The topological polar surface area (TPSA) is 311 Å². The van der Waals surface area contributed by atoms with Gasteiger partial charge < -0.3 is 54.5 Å². The van der Waals surface area contributed by atoms with E-state index in [-0.39, 0.29) is 68.3 Å². The molecule has 0 amide bonds. The molecule has 6 aromatic carbocycles. The third-order valence-corrected chi connectivity index (χ3v) is 18.0. The molecule has 2 aliphatic rings. The summed E-state index contributed by atoms with van der Waals surface area (Å²) in [7, 11) is -7.74. The van der Waals surface area contributed by atoms with Crippen LogP contribution in [0.25, 0.3) is 11.2 Å². The molecule has 95 heavy (non-hydrogen) atoms. The Morgan fingerprint density at radius 2 is 0.926 bits per heavy atom. The van der Waals surface area contributed by atoms with Gasteiger partial charge in [0.2, 0.25) is 31.1 Å². The zero-order chi connectivity index (χ0) is 68.1. The van der Waals surface area contributed by atoms with Crippen LogP contribution in [0.4, 0.5) is 11.6 Å². The van der Waals surface area contributed by atoms with Crippen molar-refractivity contribution in [3.8, 4) is 6.07 Å². The Morgan fingerprint density at radius 1 is 0.547 bits per heavy atom. The van der Waals surface area contributed by atoms with Crippen molar-refractivity contribution in [2.24, 2.45) is 0 Å². The minimum atomic E-state index is -3.88. The number of hydrogen-bond acceptors (Lipinski definition) is 21. The van der Waals surface area contributed by atoms with Crippen LogP contribution in [0.5, 0.6) is 0 Å². The summed E-state index contributed by atoms with van der Waals surface area (Å²) in [5, 5.41) is 31.3. The molecule has 0 saturated carbocycles. The fourth-order valence-corrected chi connectivity index (χ4v) is 12.4. The van der Waals surface area contributed by atoms with Gasteiger partial charge in [0, 0.05) is 13.9 Å². The Balaban J connectivity index is 0.000000201. The van der Waals surface area contributed by atoms with Gasteiger partial charge in [-0.1, -0.05) is 196 Å². The smallest absolute Gasteiger partial charge is 0.267 e. The van der Waals surface area contributed by atoms with Crippen molar-refractivity contribution < 1.29 is 61.2 Å². The first-order valence-electron chi connectivity index (χ1n) is 31.1. The second-order valence-corrected chi connectivity index (χ2v) is 26.8. The van der Waals surface area contributed by atoms with Crippen molar-refractivity contribution in [2.75, 3.05) is 37.2 Å². The van der Waals surface area contributed by atoms with E-state index in [0.29, 0.717) is 25.6 Å². The van der Waals surface area contributed by atoms with E-state index in [2.05, 4.69) is 31.2 Å². The van der Waals surface area contributed by atoms with E-state index in [9.17, 15) is 27.2 Å². The number of nitrogens with two attached hydrogens (primary N) is 2.